The van der Waals surface area contributed by atoms with Gasteiger partial charge >= 0.3 is 0 Å². The summed E-state index contributed by atoms with van der Waals surface area (Å²) in [5, 5.41) is 4.88. The van der Waals surface area contributed by atoms with Gasteiger partial charge in [0.2, 0.25) is 0 Å². The van der Waals surface area contributed by atoms with Crippen molar-refractivity contribution in [1.82, 2.24) is 14.7 Å². The number of nitrogens with two attached hydrogens (primary N) is 1. The first-order chi connectivity index (χ1) is 11.6. The van der Waals surface area contributed by atoms with Crippen LogP contribution in [0.4, 0.5) is 5.82 Å². The summed E-state index contributed by atoms with van der Waals surface area (Å²) in [7, 11) is 0. The van der Waals surface area contributed by atoms with Crippen molar-refractivity contribution < 1.29 is 9.53 Å². The molecule has 1 amide bonds. The Morgan fingerprint density at radius 2 is 2.08 bits per heavy atom. The van der Waals surface area contributed by atoms with Crippen molar-refractivity contribution in [2.75, 3.05) is 25.5 Å². The third kappa shape index (κ3) is 2.37. The van der Waals surface area contributed by atoms with Gasteiger partial charge in [-0.1, -0.05) is 17.7 Å². The maximum Gasteiger partial charge on any atom is 0.259 e. The zero-order valence-electron chi connectivity index (χ0n) is 13.2. The van der Waals surface area contributed by atoms with Gasteiger partial charge in [0.05, 0.1) is 11.9 Å². The van der Waals surface area contributed by atoms with E-state index >= 15 is 0 Å². The molecule has 2 aliphatic rings. The van der Waals surface area contributed by atoms with Gasteiger partial charge in [0, 0.05) is 30.3 Å². The average Bonchev–Trinajstić information content (AvgIpc) is 2.96. The molecule has 2 aliphatic heterocycles. The lowest BCUT2D eigenvalue weighted by Gasteiger charge is -2.54. The van der Waals surface area contributed by atoms with Crippen LogP contribution in [-0.4, -0.2) is 45.9 Å². The second kappa shape index (κ2) is 5.79. The third-order valence-electron chi connectivity index (χ3n) is 5.13. The van der Waals surface area contributed by atoms with Gasteiger partial charge in [-0.2, -0.15) is 5.10 Å². The largest absolute Gasteiger partial charge is 0.383 e. The molecule has 2 aromatic rings. The minimum Gasteiger partial charge on any atom is -0.383 e. The van der Waals surface area contributed by atoms with Crippen LogP contribution in [0, 0.1) is 0 Å². The van der Waals surface area contributed by atoms with Crippen LogP contribution in [-0.2, 0) is 4.74 Å². The summed E-state index contributed by atoms with van der Waals surface area (Å²) in [4.78, 5) is 14.9. The van der Waals surface area contributed by atoms with Crippen molar-refractivity contribution in [1.29, 1.82) is 0 Å². The molecule has 24 heavy (non-hydrogen) atoms. The van der Waals surface area contributed by atoms with E-state index in [1.165, 1.54) is 0 Å². The lowest BCUT2D eigenvalue weighted by atomic mass is 9.77. The number of halogens is 1. The van der Waals surface area contributed by atoms with Gasteiger partial charge in [0.1, 0.15) is 11.4 Å². The van der Waals surface area contributed by atoms with Gasteiger partial charge in [-0.15, -0.1) is 0 Å². The van der Waals surface area contributed by atoms with Crippen molar-refractivity contribution in [3.8, 4) is 5.69 Å². The van der Waals surface area contributed by atoms with E-state index in [1.54, 1.807) is 23.0 Å². The summed E-state index contributed by atoms with van der Waals surface area (Å²) in [6.07, 6.45) is 4.36. The number of carbonyl (C=O) groups is 1. The van der Waals surface area contributed by atoms with Crippen molar-refractivity contribution in [3.05, 3.63) is 41.0 Å². The minimum absolute atomic E-state index is 0.0473. The van der Waals surface area contributed by atoms with Crippen molar-refractivity contribution in [2.24, 2.45) is 0 Å². The summed E-state index contributed by atoms with van der Waals surface area (Å²) < 4.78 is 6.99. The lowest BCUT2D eigenvalue weighted by molar-refractivity contribution is -0.0695. The van der Waals surface area contributed by atoms with Crippen LogP contribution in [0.3, 0.4) is 0 Å². The normalized spacial score (nSPS) is 19.3. The van der Waals surface area contributed by atoms with E-state index in [1.807, 2.05) is 17.0 Å². The maximum atomic E-state index is 13.0. The highest BCUT2D eigenvalue weighted by molar-refractivity contribution is 6.30. The van der Waals surface area contributed by atoms with Gasteiger partial charge in [-0.25, -0.2) is 4.68 Å². The van der Waals surface area contributed by atoms with Crippen LogP contribution in [0.15, 0.2) is 30.5 Å². The number of anilines is 1. The minimum atomic E-state index is -0.0556. The lowest BCUT2D eigenvalue weighted by Crippen LogP contribution is -2.64. The van der Waals surface area contributed by atoms with Crippen LogP contribution in [0.5, 0.6) is 0 Å². The number of hydrogen-bond donors (Lipinski definition) is 1. The number of carbonyl (C=O) groups excluding carboxylic acids is 1. The zero-order valence-corrected chi connectivity index (χ0v) is 14.0. The van der Waals surface area contributed by atoms with Gasteiger partial charge in [-0.05, 0) is 37.5 Å². The molecule has 1 aromatic carbocycles. The Balaban J connectivity index is 1.62. The van der Waals surface area contributed by atoms with Crippen molar-refractivity contribution in [3.63, 3.8) is 0 Å². The predicted molar refractivity (Wildman–Crippen MR) is 91.4 cm³/mol. The maximum absolute atomic E-state index is 13.0. The van der Waals surface area contributed by atoms with Crippen LogP contribution in [0.1, 0.15) is 29.6 Å². The van der Waals surface area contributed by atoms with Gasteiger partial charge in [0.25, 0.3) is 5.91 Å². The van der Waals surface area contributed by atoms with E-state index in [4.69, 9.17) is 22.1 Å². The van der Waals surface area contributed by atoms with Gasteiger partial charge < -0.3 is 15.4 Å². The number of nitrogen functional groups attached to an aromatic ring is 1. The van der Waals surface area contributed by atoms with Crippen LogP contribution in [0.25, 0.3) is 5.69 Å². The number of likely N-dealkylation sites (tertiary alicyclic amines) is 1. The first kappa shape index (κ1) is 15.5. The quantitative estimate of drug-likeness (QED) is 0.906. The molecule has 3 heterocycles. The number of hydrogen-bond acceptors (Lipinski definition) is 4. The van der Waals surface area contributed by atoms with Crippen molar-refractivity contribution in [2.45, 2.75) is 24.8 Å². The molecule has 2 fully saturated rings. The summed E-state index contributed by atoms with van der Waals surface area (Å²) in [6.45, 7) is 2.18. The van der Waals surface area contributed by atoms with E-state index in [2.05, 4.69) is 5.10 Å². The van der Waals surface area contributed by atoms with Crippen LogP contribution in [0.2, 0.25) is 5.02 Å². The highest BCUT2D eigenvalue weighted by Crippen LogP contribution is 2.40. The number of aromatic nitrogens is 2. The Hall–Kier alpha value is -2.05. The molecule has 0 unspecified atom stereocenters. The zero-order chi connectivity index (χ0) is 16.7. The van der Waals surface area contributed by atoms with Gasteiger partial charge in [-0.3, -0.25) is 4.79 Å². The molecule has 0 radical (unpaired) electrons. The number of nitrogens with zero attached hydrogens (tertiary/aromatic N) is 3. The topological polar surface area (TPSA) is 73.4 Å². The molecule has 1 aromatic heterocycles. The molecule has 1 spiro atoms. The van der Waals surface area contributed by atoms with Crippen molar-refractivity contribution >= 4 is 23.3 Å². The number of amides is 1. The molecule has 2 saturated heterocycles. The monoisotopic (exact) mass is 346 g/mol. The Morgan fingerprint density at radius 1 is 1.29 bits per heavy atom. The Morgan fingerprint density at radius 3 is 2.75 bits per heavy atom. The molecular formula is C17H19ClN4O2. The Labute approximate surface area is 145 Å². The third-order valence-corrected chi connectivity index (χ3v) is 5.37. The molecular weight excluding hydrogens is 328 g/mol. The molecule has 7 heteroatoms. The highest BCUT2D eigenvalue weighted by atomic mass is 35.5. The average molecular weight is 347 g/mol. The fraction of sp³-hybridized carbons (Fsp3) is 0.412. The summed E-state index contributed by atoms with van der Waals surface area (Å²) in [5.41, 5.74) is 7.33. The van der Waals surface area contributed by atoms with E-state index in [-0.39, 0.29) is 11.4 Å². The first-order valence-electron chi connectivity index (χ1n) is 8.10. The van der Waals surface area contributed by atoms with E-state index in [0.29, 0.717) is 29.6 Å². The van der Waals surface area contributed by atoms with Crippen LogP contribution < -0.4 is 5.73 Å². The fourth-order valence-corrected chi connectivity index (χ4v) is 3.79. The number of ether oxygens (including phenoxy) is 1. The molecule has 6 nitrogen and oxygen atoms in total. The number of benzene rings is 1. The molecule has 0 bridgehead atoms. The second-order valence-corrected chi connectivity index (χ2v) is 6.82. The van der Waals surface area contributed by atoms with E-state index < -0.39 is 0 Å². The summed E-state index contributed by atoms with van der Waals surface area (Å²) >= 11 is 6.03. The standard InChI is InChI=1S/C17H19ClN4O2/c18-12-2-1-3-13(10-12)22-15(19)14(11-20-22)16(23)21-7-4-17(21)5-8-24-9-6-17/h1-3,10-11H,4-9,19H2. The molecule has 0 saturated carbocycles. The molecule has 0 aliphatic carbocycles. The van der Waals surface area contributed by atoms with Gasteiger partial charge in [0.15, 0.2) is 0 Å². The first-order valence-corrected chi connectivity index (χ1v) is 8.48. The Bertz CT molecular complexity index is 783. The molecule has 4 rings (SSSR count). The Kier molecular flexibility index (Phi) is 3.73. The predicted octanol–water partition coefficient (Wildman–Crippen LogP) is 2.50. The molecule has 2 N–H and O–H groups in total. The number of rotatable bonds is 2. The molecule has 126 valence electrons. The summed E-state index contributed by atoms with van der Waals surface area (Å²) in [6, 6.07) is 7.23. The molecule has 0 atom stereocenters. The second-order valence-electron chi connectivity index (χ2n) is 6.38. The fourth-order valence-electron chi connectivity index (χ4n) is 3.61. The highest BCUT2D eigenvalue weighted by Gasteiger charge is 2.48. The van der Waals surface area contributed by atoms with Crippen LogP contribution >= 0.6 is 11.6 Å². The smallest absolute Gasteiger partial charge is 0.259 e. The van der Waals surface area contributed by atoms with E-state index in [0.717, 1.165) is 31.5 Å². The SMILES string of the molecule is Nc1c(C(=O)N2CCC23CCOCC3)cnn1-c1cccc(Cl)c1. The van der Waals surface area contributed by atoms with E-state index in [9.17, 15) is 4.79 Å². The summed E-state index contributed by atoms with van der Waals surface area (Å²) in [5.74, 6) is 0.297.